The number of carbonyl (C=O) groups is 1. The average Bonchev–Trinajstić information content (AvgIpc) is 3.12. The molecule has 0 bridgehead atoms. The number of ether oxygens (including phenoxy) is 1. The Labute approximate surface area is 171 Å². The molecule has 1 N–H and O–H groups in total. The molecule has 0 saturated heterocycles. The van der Waals surface area contributed by atoms with Crippen molar-refractivity contribution in [2.24, 2.45) is 5.10 Å². The molecule has 2 aromatic heterocycles. The molecule has 0 amide bonds. The molecule has 0 unspecified atom stereocenters. The second kappa shape index (κ2) is 7.89. The number of thiazole rings is 1. The van der Waals surface area contributed by atoms with Crippen LogP contribution in [-0.4, -0.2) is 18.1 Å². The van der Waals surface area contributed by atoms with Crippen molar-refractivity contribution in [3.05, 3.63) is 76.1 Å². The summed E-state index contributed by atoms with van der Waals surface area (Å²) in [5, 5.41) is 6.69. The summed E-state index contributed by atoms with van der Waals surface area (Å²) in [4.78, 5) is 16.6. The van der Waals surface area contributed by atoms with Gasteiger partial charge < -0.3 is 9.15 Å². The highest BCUT2D eigenvalue weighted by Gasteiger charge is 2.15. The summed E-state index contributed by atoms with van der Waals surface area (Å²) in [6.45, 7) is 3.79. The third kappa shape index (κ3) is 3.90. The van der Waals surface area contributed by atoms with Gasteiger partial charge in [-0.15, -0.1) is 0 Å². The van der Waals surface area contributed by atoms with Gasteiger partial charge in [0, 0.05) is 17.0 Å². The van der Waals surface area contributed by atoms with E-state index in [1.807, 2.05) is 61.5 Å². The number of esters is 1. The number of carbonyl (C=O) groups excluding carboxylic acids is 1. The lowest BCUT2D eigenvalue weighted by Crippen LogP contribution is -2.07. The SMILES string of the molecule is COC(=O)c1sc(N/N=c2\cc(-c3ccccc3)oc3ccc(C)cc23)nc1C. The van der Waals surface area contributed by atoms with Crippen molar-refractivity contribution in [3.63, 3.8) is 0 Å². The lowest BCUT2D eigenvalue weighted by Gasteiger charge is -2.06. The molecule has 4 rings (SSSR count). The quantitative estimate of drug-likeness (QED) is 0.386. The Morgan fingerprint density at radius 2 is 1.93 bits per heavy atom. The predicted molar refractivity (Wildman–Crippen MR) is 114 cm³/mol. The summed E-state index contributed by atoms with van der Waals surface area (Å²) in [5.74, 6) is 0.312. The van der Waals surface area contributed by atoms with Crippen LogP contribution in [0.3, 0.4) is 0 Å². The van der Waals surface area contributed by atoms with Gasteiger partial charge in [-0.1, -0.05) is 53.3 Å². The molecular formula is C22H19N3O3S. The third-order valence-electron chi connectivity index (χ3n) is 4.40. The number of anilines is 1. The van der Waals surface area contributed by atoms with Crippen LogP contribution < -0.4 is 10.8 Å². The van der Waals surface area contributed by atoms with E-state index in [2.05, 4.69) is 15.5 Å². The minimum absolute atomic E-state index is 0.404. The molecule has 0 fully saturated rings. The van der Waals surface area contributed by atoms with Gasteiger partial charge in [0.1, 0.15) is 16.2 Å². The molecule has 0 atom stereocenters. The van der Waals surface area contributed by atoms with Gasteiger partial charge in [0.05, 0.1) is 18.2 Å². The molecule has 2 aromatic carbocycles. The molecule has 6 nitrogen and oxygen atoms in total. The van der Waals surface area contributed by atoms with Gasteiger partial charge in [0.25, 0.3) is 0 Å². The second-order valence-corrected chi connectivity index (χ2v) is 7.51. The number of hydrogen-bond donors (Lipinski definition) is 1. The second-order valence-electron chi connectivity index (χ2n) is 6.51. The van der Waals surface area contributed by atoms with Crippen molar-refractivity contribution in [1.82, 2.24) is 4.98 Å². The van der Waals surface area contributed by atoms with Gasteiger partial charge in [-0.3, -0.25) is 5.43 Å². The van der Waals surface area contributed by atoms with Crippen LogP contribution in [0.4, 0.5) is 5.13 Å². The van der Waals surface area contributed by atoms with Crippen molar-refractivity contribution in [3.8, 4) is 11.3 Å². The minimum atomic E-state index is -0.404. The number of hydrogen-bond acceptors (Lipinski definition) is 7. The Kier molecular flexibility index (Phi) is 5.14. The molecule has 146 valence electrons. The number of nitrogens with one attached hydrogen (secondary N) is 1. The van der Waals surface area contributed by atoms with Gasteiger partial charge in [0.2, 0.25) is 5.13 Å². The first-order valence-corrected chi connectivity index (χ1v) is 9.82. The van der Waals surface area contributed by atoms with Crippen molar-refractivity contribution in [1.29, 1.82) is 0 Å². The minimum Gasteiger partial charge on any atom is -0.465 e. The van der Waals surface area contributed by atoms with Crippen LogP contribution in [0, 0.1) is 13.8 Å². The fourth-order valence-corrected chi connectivity index (χ4v) is 3.78. The van der Waals surface area contributed by atoms with Gasteiger partial charge >= 0.3 is 5.97 Å². The van der Waals surface area contributed by atoms with Gasteiger partial charge in [-0.2, -0.15) is 5.10 Å². The number of methoxy groups -OCH3 is 1. The van der Waals surface area contributed by atoms with Crippen molar-refractivity contribution >= 4 is 33.4 Å². The van der Waals surface area contributed by atoms with Crippen LogP contribution in [0.15, 0.2) is 64.1 Å². The molecule has 4 aromatic rings. The molecule has 0 radical (unpaired) electrons. The summed E-state index contributed by atoms with van der Waals surface area (Å²) < 4.78 is 10.9. The molecule has 0 aliphatic carbocycles. The zero-order chi connectivity index (χ0) is 20.4. The van der Waals surface area contributed by atoms with Crippen molar-refractivity contribution < 1.29 is 13.9 Å². The molecule has 0 spiro atoms. The summed E-state index contributed by atoms with van der Waals surface area (Å²) in [6, 6.07) is 17.7. The van der Waals surface area contributed by atoms with E-state index >= 15 is 0 Å². The number of rotatable bonds is 4. The standard InChI is InChI=1S/C22H19N3O3S/c1-13-9-10-18-16(11-13)17(12-19(28-18)15-7-5-4-6-8-15)24-25-22-23-14(2)20(29-22)21(26)27-3/h4-12H,1-3H3,(H,23,25)/b24-17+. The first kappa shape index (κ1) is 18.9. The van der Waals surface area contributed by atoms with Crippen LogP contribution in [0.25, 0.3) is 22.3 Å². The zero-order valence-electron chi connectivity index (χ0n) is 16.2. The smallest absolute Gasteiger partial charge is 0.350 e. The normalized spacial score (nSPS) is 11.6. The topological polar surface area (TPSA) is 76.7 Å². The highest BCUT2D eigenvalue weighted by molar-refractivity contribution is 7.17. The molecule has 0 aliphatic heterocycles. The zero-order valence-corrected chi connectivity index (χ0v) is 17.0. The van der Waals surface area contributed by atoms with Crippen LogP contribution in [0.1, 0.15) is 20.9 Å². The molecule has 2 heterocycles. The van der Waals surface area contributed by atoms with Crippen molar-refractivity contribution in [2.45, 2.75) is 13.8 Å². The maximum absolute atomic E-state index is 11.8. The maximum Gasteiger partial charge on any atom is 0.350 e. The number of aryl methyl sites for hydroxylation is 2. The summed E-state index contributed by atoms with van der Waals surface area (Å²) >= 11 is 1.21. The number of benzene rings is 2. The van der Waals surface area contributed by atoms with E-state index in [1.54, 1.807) is 6.92 Å². The lowest BCUT2D eigenvalue weighted by atomic mass is 10.1. The van der Waals surface area contributed by atoms with Crippen LogP contribution in [0.2, 0.25) is 0 Å². The monoisotopic (exact) mass is 405 g/mol. The summed E-state index contributed by atoms with van der Waals surface area (Å²) in [5.41, 5.74) is 6.39. The molecular weight excluding hydrogens is 386 g/mol. The van der Waals surface area contributed by atoms with E-state index < -0.39 is 5.97 Å². The van der Waals surface area contributed by atoms with Gasteiger partial charge in [0.15, 0.2) is 0 Å². The Balaban J connectivity index is 1.81. The van der Waals surface area contributed by atoms with Crippen LogP contribution in [0.5, 0.6) is 0 Å². The highest BCUT2D eigenvalue weighted by Crippen LogP contribution is 2.24. The first-order chi connectivity index (χ1) is 14.0. The predicted octanol–water partition coefficient (Wildman–Crippen LogP) is 4.89. The number of fused-ring (bicyclic) bond motifs is 1. The third-order valence-corrected chi connectivity index (χ3v) is 5.44. The molecule has 7 heteroatoms. The van der Waals surface area contributed by atoms with E-state index in [-0.39, 0.29) is 0 Å². The van der Waals surface area contributed by atoms with E-state index in [0.717, 1.165) is 27.5 Å². The first-order valence-electron chi connectivity index (χ1n) is 9.00. The van der Waals surface area contributed by atoms with E-state index in [4.69, 9.17) is 9.15 Å². The Hall–Kier alpha value is -3.45. The fourth-order valence-electron chi connectivity index (χ4n) is 2.95. The highest BCUT2D eigenvalue weighted by atomic mass is 32.1. The molecule has 0 saturated carbocycles. The summed E-state index contributed by atoms with van der Waals surface area (Å²) in [6.07, 6.45) is 0. The van der Waals surface area contributed by atoms with Crippen LogP contribution >= 0.6 is 11.3 Å². The van der Waals surface area contributed by atoms with E-state index in [0.29, 0.717) is 21.5 Å². The lowest BCUT2D eigenvalue weighted by molar-refractivity contribution is 0.0605. The van der Waals surface area contributed by atoms with Gasteiger partial charge in [-0.05, 0) is 26.0 Å². The number of aromatic nitrogens is 1. The summed E-state index contributed by atoms with van der Waals surface area (Å²) in [7, 11) is 1.35. The largest absolute Gasteiger partial charge is 0.465 e. The fraction of sp³-hybridized carbons (Fsp3) is 0.136. The van der Waals surface area contributed by atoms with E-state index in [9.17, 15) is 4.79 Å². The average molecular weight is 405 g/mol. The number of nitrogens with zero attached hydrogens (tertiary/aromatic N) is 2. The Morgan fingerprint density at radius 3 is 2.69 bits per heavy atom. The molecule has 29 heavy (non-hydrogen) atoms. The maximum atomic E-state index is 11.8. The van der Waals surface area contributed by atoms with Gasteiger partial charge in [-0.25, -0.2) is 9.78 Å². The van der Waals surface area contributed by atoms with Crippen LogP contribution in [-0.2, 0) is 4.74 Å². The Morgan fingerprint density at radius 1 is 1.14 bits per heavy atom. The van der Waals surface area contributed by atoms with E-state index in [1.165, 1.54) is 18.4 Å². The molecule has 0 aliphatic rings. The van der Waals surface area contributed by atoms with Crippen molar-refractivity contribution in [2.75, 3.05) is 12.5 Å². The Bertz CT molecular complexity index is 1260.